The molecule has 0 radical (unpaired) electrons. The standard InChI is InChI=1S/C8H15N5OS/c1-13-6(14)5(12-8(13)15)3-2-4-11-7(9)10/h5H,2-4H2,1H3,(H,12,15)(H4,9,10,11)/p+1/t5-/m0/s1. The van der Waals surface area contributed by atoms with Crippen LogP contribution in [0.4, 0.5) is 0 Å². The fraction of sp³-hybridized carbons (Fsp3) is 0.625. The van der Waals surface area contributed by atoms with Gasteiger partial charge < -0.3 is 5.32 Å². The third kappa shape index (κ3) is 3.05. The van der Waals surface area contributed by atoms with Gasteiger partial charge in [0.25, 0.3) is 5.91 Å². The third-order valence-electron chi connectivity index (χ3n) is 2.23. The summed E-state index contributed by atoms with van der Waals surface area (Å²) >= 11 is 4.95. The van der Waals surface area contributed by atoms with Gasteiger partial charge in [-0.05, 0) is 25.1 Å². The molecule has 1 saturated heterocycles. The van der Waals surface area contributed by atoms with Gasteiger partial charge in [-0.2, -0.15) is 0 Å². The van der Waals surface area contributed by atoms with Crippen molar-refractivity contribution in [2.45, 2.75) is 18.9 Å². The molecule has 0 saturated carbocycles. The number of thiocarbonyl (C=S) groups is 1. The maximum absolute atomic E-state index is 11.5. The van der Waals surface area contributed by atoms with Gasteiger partial charge in [0, 0.05) is 7.05 Å². The Morgan fingerprint density at radius 1 is 1.67 bits per heavy atom. The molecule has 6 N–H and O–H groups in total. The molecule has 1 fully saturated rings. The largest absolute Gasteiger partial charge is 0.350 e. The zero-order valence-corrected chi connectivity index (χ0v) is 9.43. The Kier molecular flexibility index (Phi) is 3.84. The summed E-state index contributed by atoms with van der Waals surface area (Å²) in [5.41, 5.74) is 10.5. The molecule has 0 aromatic heterocycles. The molecular weight excluding hydrogens is 214 g/mol. The summed E-state index contributed by atoms with van der Waals surface area (Å²) in [5.74, 6) is 0.220. The quantitative estimate of drug-likeness (QED) is 0.177. The number of nitrogens with one attached hydrogen (secondary N) is 2. The van der Waals surface area contributed by atoms with Crippen LogP contribution in [-0.2, 0) is 4.79 Å². The fourth-order valence-corrected chi connectivity index (χ4v) is 1.61. The van der Waals surface area contributed by atoms with E-state index in [-0.39, 0.29) is 17.9 Å². The van der Waals surface area contributed by atoms with Crippen molar-refractivity contribution in [3.05, 3.63) is 0 Å². The number of hydrogen-bond donors (Lipinski definition) is 4. The van der Waals surface area contributed by atoms with Crippen LogP contribution in [0.15, 0.2) is 0 Å². The number of hydrogen-bond acceptors (Lipinski definition) is 2. The Labute approximate surface area is 93.7 Å². The van der Waals surface area contributed by atoms with Crippen LogP contribution < -0.4 is 21.8 Å². The Morgan fingerprint density at radius 2 is 2.33 bits per heavy atom. The minimum Gasteiger partial charge on any atom is -0.350 e. The normalized spacial score (nSPS) is 20.3. The zero-order valence-electron chi connectivity index (χ0n) is 8.62. The van der Waals surface area contributed by atoms with Crippen molar-refractivity contribution >= 4 is 29.2 Å². The van der Waals surface area contributed by atoms with E-state index < -0.39 is 0 Å². The van der Waals surface area contributed by atoms with Gasteiger partial charge in [0.15, 0.2) is 5.11 Å². The lowest BCUT2D eigenvalue weighted by Gasteiger charge is -2.06. The zero-order chi connectivity index (χ0) is 11.4. The van der Waals surface area contributed by atoms with Crippen molar-refractivity contribution in [2.75, 3.05) is 13.6 Å². The molecule has 15 heavy (non-hydrogen) atoms. The van der Waals surface area contributed by atoms with E-state index in [4.69, 9.17) is 23.7 Å². The summed E-state index contributed by atoms with van der Waals surface area (Å²) in [4.78, 5) is 15.8. The summed E-state index contributed by atoms with van der Waals surface area (Å²) < 4.78 is 0. The van der Waals surface area contributed by atoms with Gasteiger partial charge in [0.2, 0.25) is 0 Å². The second-order valence-corrected chi connectivity index (χ2v) is 3.81. The SMILES string of the molecule is CN1C(=O)[C@H](CCC[NH+]=C(N)N)NC1=S. The molecule has 1 heterocycles. The highest BCUT2D eigenvalue weighted by Gasteiger charge is 2.31. The molecule has 0 spiro atoms. The van der Waals surface area contributed by atoms with Crippen molar-refractivity contribution in [1.29, 1.82) is 0 Å². The molecule has 7 heteroatoms. The fourth-order valence-electron chi connectivity index (χ4n) is 1.38. The molecule has 1 rings (SSSR count). The lowest BCUT2D eigenvalue weighted by molar-refractivity contribution is -0.459. The molecule has 0 aliphatic carbocycles. The third-order valence-corrected chi connectivity index (χ3v) is 2.62. The summed E-state index contributed by atoms with van der Waals surface area (Å²) in [6.45, 7) is 0.657. The second kappa shape index (κ2) is 4.92. The first-order valence-electron chi connectivity index (χ1n) is 4.72. The van der Waals surface area contributed by atoms with E-state index in [2.05, 4.69) is 10.3 Å². The van der Waals surface area contributed by atoms with Gasteiger partial charge in [-0.15, -0.1) is 0 Å². The maximum atomic E-state index is 11.5. The van der Waals surface area contributed by atoms with Gasteiger partial charge in [0.05, 0.1) is 6.54 Å². The monoisotopic (exact) mass is 230 g/mol. The van der Waals surface area contributed by atoms with Crippen molar-refractivity contribution in [3.63, 3.8) is 0 Å². The van der Waals surface area contributed by atoms with E-state index >= 15 is 0 Å². The van der Waals surface area contributed by atoms with E-state index in [1.165, 1.54) is 4.90 Å². The van der Waals surface area contributed by atoms with Crippen molar-refractivity contribution in [3.8, 4) is 0 Å². The number of nitrogens with two attached hydrogens (primary N) is 2. The molecule has 1 amide bonds. The second-order valence-electron chi connectivity index (χ2n) is 3.42. The minimum absolute atomic E-state index is 0.0182. The summed E-state index contributed by atoms with van der Waals surface area (Å²) in [6, 6.07) is -0.205. The Hall–Kier alpha value is -1.37. The van der Waals surface area contributed by atoms with Crippen molar-refractivity contribution in [1.82, 2.24) is 10.2 Å². The number of nitrogens with zero attached hydrogens (tertiary/aromatic N) is 1. The first kappa shape index (κ1) is 11.7. The molecule has 0 aromatic carbocycles. The van der Waals surface area contributed by atoms with Gasteiger partial charge in [0.1, 0.15) is 6.04 Å². The van der Waals surface area contributed by atoms with E-state index in [0.717, 1.165) is 6.42 Å². The predicted molar refractivity (Wildman–Crippen MR) is 60.7 cm³/mol. The molecule has 1 aliphatic rings. The molecule has 0 unspecified atom stereocenters. The van der Waals surface area contributed by atoms with Gasteiger partial charge in [-0.1, -0.05) is 0 Å². The van der Waals surface area contributed by atoms with Gasteiger partial charge >= 0.3 is 5.96 Å². The average molecular weight is 230 g/mol. The van der Waals surface area contributed by atoms with Crippen molar-refractivity contribution < 1.29 is 9.79 Å². The maximum Gasteiger partial charge on any atom is 0.338 e. The first-order chi connectivity index (χ1) is 7.02. The molecule has 1 atom stereocenters. The molecule has 6 nitrogen and oxygen atoms in total. The summed E-state index contributed by atoms with van der Waals surface area (Å²) in [6.07, 6.45) is 1.52. The number of amides is 1. The highest BCUT2D eigenvalue weighted by molar-refractivity contribution is 7.80. The summed E-state index contributed by atoms with van der Waals surface area (Å²) in [7, 11) is 1.67. The minimum atomic E-state index is -0.205. The molecule has 0 bridgehead atoms. The summed E-state index contributed by atoms with van der Waals surface area (Å²) in [5, 5.41) is 3.44. The van der Waals surface area contributed by atoms with Crippen LogP contribution in [0.3, 0.4) is 0 Å². The van der Waals surface area contributed by atoms with Crippen LogP contribution in [0, 0.1) is 0 Å². The number of guanidine groups is 1. The van der Waals surface area contributed by atoms with Gasteiger partial charge in [-0.25, -0.2) is 0 Å². The first-order valence-corrected chi connectivity index (χ1v) is 5.13. The number of rotatable bonds is 4. The van der Waals surface area contributed by atoms with E-state index in [1.807, 2.05) is 0 Å². The Morgan fingerprint density at radius 3 is 2.80 bits per heavy atom. The molecule has 84 valence electrons. The van der Waals surface area contributed by atoms with Crippen molar-refractivity contribution in [2.24, 2.45) is 11.5 Å². The number of carbonyl (C=O) groups excluding carboxylic acids is 1. The van der Waals surface area contributed by atoms with Gasteiger partial charge in [-0.3, -0.25) is 26.2 Å². The van der Waals surface area contributed by atoms with E-state index in [9.17, 15) is 4.79 Å². The van der Waals surface area contributed by atoms with Crippen LogP contribution in [-0.4, -0.2) is 41.5 Å². The predicted octanol–water partition coefficient (Wildman–Crippen LogP) is -3.16. The lowest BCUT2D eigenvalue weighted by Crippen LogP contribution is -2.78. The van der Waals surface area contributed by atoms with E-state index in [0.29, 0.717) is 18.1 Å². The van der Waals surface area contributed by atoms with Crippen LogP contribution in [0.5, 0.6) is 0 Å². The van der Waals surface area contributed by atoms with Crippen LogP contribution in [0.2, 0.25) is 0 Å². The smallest absolute Gasteiger partial charge is 0.338 e. The molecular formula is C8H16N5OS+. The van der Waals surface area contributed by atoms with E-state index in [1.54, 1.807) is 7.05 Å². The molecule has 1 aliphatic heterocycles. The highest BCUT2D eigenvalue weighted by atomic mass is 32.1. The Balaban J connectivity index is 2.32. The molecule has 0 aromatic rings. The average Bonchev–Trinajstić information content (AvgIpc) is 2.41. The number of likely N-dealkylation sites (N-methyl/N-ethyl adjacent to an activating group) is 1. The lowest BCUT2D eigenvalue weighted by atomic mass is 10.1. The number of carbonyl (C=O) groups is 1. The Bertz CT molecular complexity index is 299. The van der Waals surface area contributed by atoms with Crippen LogP contribution in [0.1, 0.15) is 12.8 Å². The van der Waals surface area contributed by atoms with Crippen LogP contribution >= 0.6 is 12.2 Å². The highest BCUT2D eigenvalue weighted by Crippen LogP contribution is 2.08. The van der Waals surface area contributed by atoms with Crippen LogP contribution in [0.25, 0.3) is 0 Å². The topological polar surface area (TPSA) is 98.3 Å².